The molecule has 168 valence electrons. The van der Waals surface area contributed by atoms with Gasteiger partial charge >= 0.3 is 5.97 Å². The van der Waals surface area contributed by atoms with Gasteiger partial charge in [0, 0.05) is 35.8 Å². The molecule has 4 rings (SSSR count). The number of nitriles is 1. The lowest BCUT2D eigenvalue weighted by molar-refractivity contribution is 0.0490. The lowest BCUT2D eigenvalue weighted by atomic mass is 10.1. The Morgan fingerprint density at radius 1 is 1.15 bits per heavy atom. The number of aromatic amines is 1. The number of H-pyrrole nitrogens is 1. The first-order chi connectivity index (χ1) is 16.1. The Hall–Kier alpha value is -4.09. The number of aromatic nitrogens is 1. The Kier molecular flexibility index (Phi) is 6.72. The molecule has 0 saturated carbocycles. The standard InChI is InChI=1S/C25H23N3O5/c1-2-31-25(30)24-13-22(29)19-5-4-18(12-23(19)33-24)32-10-9-27-8-7-17-15-28-21-6-3-16(14-26)11-20(17)21/h3-6,11-13,15,27-28H,2,7-10H2,1H3. The lowest BCUT2D eigenvalue weighted by Gasteiger charge is -2.09. The molecule has 0 aliphatic heterocycles. The highest BCUT2D eigenvalue weighted by Crippen LogP contribution is 2.21. The van der Waals surface area contributed by atoms with Gasteiger partial charge in [-0.15, -0.1) is 0 Å². The van der Waals surface area contributed by atoms with Crippen LogP contribution in [0.1, 0.15) is 28.6 Å². The van der Waals surface area contributed by atoms with Crippen LogP contribution in [0.15, 0.2) is 57.9 Å². The highest BCUT2D eigenvalue weighted by molar-refractivity contribution is 5.89. The first kappa shape index (κ1) is 22.1. The van der Waals surface area contributed by atoms with Gasteiger partial charge in [0.2, 0.25) is 5.76 Å². The number of hydrogen-bond acceptors (Lipinski definition) is 7. The van der Waals surface area contributed by atoms with Crippen molar-refractivity contribution in [2.45, 2.75) is 13.3 Å². The number of esters is 1. The topological polar surface area (TPSA) is 117 Å². The predicted octanol–water partition coefficient (Wildman–Crippen LogP) is 3.53. The van der Waals surface area contributed by atoms with Crippen molar-refractivity contribution >= 4 is 27.8 Å². The van der Waals surface area contributed by atoms with Gasteiger partial charge in [0.05, 0.1) is 23.6 Å². The highest BCUT2D eigenvalue weighted by Gasteiger charge is 2.14. The maximum atomic E-state index is 12.2. The van der Waals surface area contributed by atoms with E-state index in [1.165, 1.54) is 0 Å². The quantitative estimate of drug-likeness (QED) is 0.299. The van der Waals surface area contributed by atoms with Crippen LogP contribution < -0.4 is 15.5 Å². The zero-order valence-corrected chi connectivity index (χ0v) is 18.1. The molecule has 2 aromatic carbocycles. The van der Waals surface area contributed by atoms with E-state index in [0.717, 1.165) is 35.5 Å². The van der Waals surface area contributed by atoms with Gasteiger partial charge in [-0.1, -0.05) is 0 Å². The summed E-state index contributed by atoms with van der Waals surface area (Å²) in [5.74, 6) is -0.271. The summed E-state index contributed by atoms with van der Waals surface area (Å²) in [5.41, 5.74) is 2.77. The minimum absolute atomic E-state index is 0.132. The van der Waals surface area contributed by atoms with Crippen LogP contribution >= 0.6 is 0 Å². The van der Waals surface area contributed by atoms with Gasteiger partial charge in [0.15, 0.2) is 5.43 Å². The van der Waals surface area contributed by atoms with Gasteiger partial charge in [-0.25, -0.2) is 4.79 Å². The van der Waals surface area contributed by atoms with E-state index in [1.54, 1.807) is 31.2 Å². The zero-order valence-electron chi connectivity index (χ0n) is 18.1. The molecule has 4 aromatic rings. The summed E-state index contributed by atoms with van der Waals surface area (Å²) in [7, 11) is 0. The molecule has 2 N–H and O–H groups in total. The number of nitrogens with zero attached hydrogens (tertiary/aromatic N) is 1. The second-order valence-electron chi connectivity index (χ2n) is 7.39. The van der Waals surface area contributed by atoms with Crippen LogP contribution in [0.5, 0.6) is 5.75 Å². The van der Waals surface area contributed by atoms with Gasteiger partial charge in [0.1, 0.15) is 17.9 Å². The van der Waals surface area contributed by atoms with Crippen molar-refractivity contribution in [3.05, 3.63) is 75.8 Å². The number of ether oxygens (including phenoxy) is 2. The molecular formula is C25H23N3O5. The fraction of sp³-hybridized carbons (Fsp3) is 0.240. The summed E-state index contributed by atoms with van der Waals surface area (Å²) in [6.45, 7) is 3.67. The van der Waals surface area contributed by atoms with Crippen LogP contribution in [-0.2, 0) is 11.2 Å². The van der Waals surface area contributed by atoms with Crippen molar-refractivity contribution in [2.24, 2.45) is 0 Å². The largest absolute Gasteiger partial charge is 0.492 e. The van der Waals surface area contributed by atoms with Crippen LogP contribution in [0.4, 0.5) is 0 Å². The third-order valence-electron chi connectivity index (χ3n) is 5.19. The van der Waals surface area contributed by atoms with Crippen molar-refractivity contribution in [3.8, 4) is 11.8 Å². The molecule has 0 amide bonds. The normalized spacial score (nSPS) is 10.9. The van der Waals surface area contributed by atoms with Crippen LogP contribution in [0.25, 0.3) is 21.9 Å². The smallest absolute Gasteiger partial charge is 0.374 e. The predicted molar refractivity (Wildman–Crippen MR) is 124 cm³/mol. The average molecular weight is 445 g/mol. The molecule has 0 aliphatic rings. The molecule has 0 unspecified atom stereocenters. The Balaban J connectivity index is 1.31. The minimum Gasteiger partial charge on any atom is -0.492 e. The van der Waals surface area contributed by atoms with Gasteiger partial charge in [-0.3, -0.25) is 4.79 Å². The molecule has 2 aromatic heterocycles. The SMILES string of the molecule is CCOC(=O)c1cc(=O)c2ccc(OCCNCCc3c[nH]c4ccc(C#N)cc34)cc2o1. The maximum Gasteiger partial charge on any atom is 0.374 e. The van der Waals surface area contributed by atoms with E-state index < -0.39 is 5.97 Å². The number of benzene rings is 2. The molecule has 8 nitrogen and oxygen atoms in total. The molecule has 0 saturated heterocycles. The van der Waals surface area contributed by atoms with Crippen molar-refractivity contribution in [1.29, 1.82) is 5.26 Å². The summed E-state index contributed by atoms with van der Waals surface area (Å²) < 4.78 is 16.2. The van der Waals surface area contributed by atoms with E-state index in [-0.39, 0.29) is 23.4 Å². The Morgan fingerprint density at radius 2 is 2.03 bits per heavy atom. The summed E-state index contributed by atoms with van der Waals surface area (Å²) >= 11 is 0. The van der Waals surface area contributed by atoms with Crippen LogP contribution in [-0.4, -0.2) is 37.3 Å². The van der Waals surface area contributed by atoms with E-state index in [2.05, 4.69) is 16.4 Å². The average Bonchev–Trinajstić information content (AvgIpc) is 3.23. The molecule has 33 heavy (non-hydrogen) atoms. The minimum atomic E-state index is -0.675. The zero-order chi connectivity index (χ0) is 23.2. The molecule has 8 heteroatoms. The van der Waals surface area contributed by atoms with Gasteiger partial charge in [-0.2, -0.15) is 5.26 Å². The Morgan fingerprint density at radius 3 is 2.85 bits per heavy atom. The number of carbonyl (C=O) groups is 1. The van der Waals surface area contributed by atoms with Crippen molar-refractivity contribution < 1.29 is 18.7 Å². The highest BCUT2D eigenvalue weighted by atomic mass is 16.5. The molecule has 0 radical (unpaired) electrons. The summed E-state index contributed by atoms with van der Waals surface area (Å²) in [6, 6.07) is 13.8. The number of rotatable bonds is 9. The molecule has 0 bridgehead atoms. The molecule has 0 spiro atoms. The third-order valence-corrected chi connectivity index (χ3v) is 5.19. The summed E-state index contributed by atoms with van der Waals surface area (Å²) in [4.78, 5) is 27.3. The molecule has 0 aliphatic carbocycles. The fourth-order valence-corrected chi connectivity index (χ4v) is 3.57. The van der Waals surface area contributed by atoms with Crippen LogP contribution in [0, 0.1) is 11.3 Å². The lowest BCUT2D eigenvalue weighted by Crippen LogP contribution is -2.23. The number of carbonyl (C=O) groups excluding carboxylic acids is 1. The van der Waals surface area contributed by atoms with Crippen LogP contribution in [0.3, 0.4) is 0 Å². The van der Waals surface area contributed by atoms with Crippen molar-refractivity contribution in [2.75, 3.05) is 26.3 Å². The number of nitrogens with one attached hydrogen (secondary N) is 2. The van der Waals surface area contributed by atoms with E-state index in [9.17, 15) is 9.59 Å². The van der Waals surface area contributed by atoms with E-state index in [1.807, 2.05) is 18.3 Å². The summed E-state index contributed by atoms with van der Waals surface area (Å²) in [6.07, 6.45) is 2.78. The maximum absolute atomic E-state index is 12.2. The molecule has 0 fully saturated rings. The Bertz CT molecular complexity index is 1400. The monoisotopic (exact) mass is 445 g/mol. The molecule has 0 atom stereocenters. The van der Waals surface area contributed by atoms with Gasteiger partial charge < -0.3 is 24.2 Å². The molecule has 2 heterocycles. The first-order valence-electron chi connectivity index (χ1n) is 10.7. The second-order valence-corrected chi connectivity index (χ2v) is 7.39. The fourth-order valence-electron chi connectivity index (χ4n) is 3.57. The van der Waals surface area contributed by atoms with E-state index >= 15 is 0 Å². The van der Waals surface area contributed by atoms with Crippen LogP contribution in [0.2, 0.25) is 0 Å². The summed E-state index contributed by atoms with van der Waals surface area (Å²) in [5, 5.41) is 13.9. The molecular weight excluding hydrogens is 422 g/mol. The van der Waals surface area contributed by atoms with Crippen molar-refractivity contribution in [1.82, 2.24) is 10.3 Å². The van der Waals surface area contributed by atoms with E-state index in [4.69, 9.17) is 19.2 Å². The van der Waals surface area contributed by atoms with Crippen molar-refractivity contribution in [3.63, 3.8) is 0 Å². The second kappa shape index (κ2) is 10.0. The first-order valence-corrected chi connectivity index (χ1v) is 10.7. The number of hydrogen-bond donors (Lipinski definition) is 2. The van der Waals surface area contributed by atoms with Gasteiger partial charge in [0.25, 0.3) is 0 Å². The van der Waals surface area contributed by atoms with E-state index in [0.29, 0.717) is 29.9 Å². The van der Waals surface area contributed by atoms with Gasteiger partial charge in [-0.05, 0) is 55.8 Å². The third kappa shape index (κ3) is 5.05. The number of fused-ring (bicyclic) bond motifs is 2. The Labute approximate surface area is 189 Å².